The van der Waals surface area contributed by atoms with Gasteiger partial charge in [0.25, 0.3) is 5.89 Å². The van der Waals surface area contributed by atoms with Crippen LogP contribution in [0.3, 0.4) is 0 Å². The van der Waals surface area contributed by atoms with Crippen LogP contribution in [0.5, 0.6) is 5.75 Å². The standard InChI is InChI=1S/C19H17F3N4O4/c1-28-12-5-2-10(3-6-12)17-23-15(30-26-17)9-29-18(27)11-4-7-14-13(8-11)16(25-24-14)19(20,21)22/h2-3,5-6,11H,4,7-9H2,1H3,(H,24,25)/t11-/m0/s1. The van der Waals surface area contributed by atoms with Gasteiger partial charge in [-0.3, -0.25) is 9.89 Å². The maximum Gasteiger partial charge on any atom is 0.435 e. The third kappa shape index (κ3) is 4.00. The zero-order chi connectivity index (χ0) is 21.3. The molecule has 0 fully saturated rings. The number of ether oxygens (including phenoxy) is 2. The van der Waals surface area contributed by atoms with Crippen molar-refractivity contribution in [3.05, 3.63) is 47.1 Å². The van der Waals surface area contributed by atoms with Gasteiger partial charge in [-0.25, -0.2) is 0 Å². The van der Waals surface area contributed by atoms with Gasteiger partial charge in [0.2, 0.25) is 5.82 Å². The summed E-state index contributed by atoms with van der Waals surface area (Å²) in [5.41, 5.74) is 0.148. The number of carbonyl (C=O) groups excluding carboxylic acids is 1. The van der Waals surface area contributed by atoms with Crippen LogP contribution in [0.2, 0.25) is 0 Å². The number of hydrogen-bond donors (Lipinski definition) is 1. The van der Waals surface area contributed by atoms with Gasteiger partial charge in [-0.1, -0.05) is 5.16 Å². The molecule has 1 aliphatic rings. The Hall–Kier alpha value is -3.37. The second kappa shape index (κ2) is 7.81. The smallest absolute Gasteiger partial charge is 0.435 e. The molecule has 30 heavy (non-hydrogen) atoms. The van der Waals surface area contributed by atoms with Crippen LogP contribution in [-0.4, -0.2) is 33.4 Å². The zero-order valence-electron chi connectivity index (χ0n) is 15.8. The van der Waals surface area contributed by atoms with E-state index in [0.29, 0.717) is 35.7 Å². The molecule has 1 aliphatic carbocycles. The zero-order valence-corrected chi connectivity index (χ0v) is 15.8. The Bertz CT molecular complexity index is 1040. The lowest BCUT2D eigenvalue weighted by molar-refractivity contribution is -0.152. The van der Waals surface area contributed by atoms with Crippen molar-refractivity contribution in [3.8, 4) is 17.1 Å². The van der Waals surface area contributed by atoms with Crippen LogP contribution < -0.4 is 4.74 Å². The average Bonchev–Trinajstić information content (AvgIpc) is 3.38. The Kier molecular flexibility index (Phi) is 5.18. The van der Waals surface area contributed by atoms with Gasteiger partial charge in [0.1, 0.15) is 5.75 Å². The fraction of sp³-hybridized carbons (Fsp3) is 0.368. The minimum absolute atomic E-state index is 0.0234. The van der Waals surface area contributed by atoms with Gasteiger partial charge >= 0.3 is 12.1 Å². The maximum atomic E-state index is 13.1. The first-order chi connectivity index (χ1) is 14.3. The van der Waals surface area contributed by atoms with Crippen LogP contribution in [0.25, 0.3) is 11.4 Å². The molecule has 8 nitrogen and oxygen atoms in total. The highest BCUT2D eigenvalue weighted by atomic mass is 19.4. The monoisotopic (exact) mass is 422 g/mol. The number of methoxy groups -OCH3 is 1. The Balaban J connectivity index is 1.37. The lowest BCUT2D eigenvalue weighted by atomic mass is 9.86. The Labute approximate surface area is 168 Å². The third-order valence-electron chi connectivity index (χ3n) is 4.90. The first kappa shape index (κ1) is 19.9. The van der Waals surface area contributed by atoms with Crippen molar-refractivity contribution < 1.29 is 32.0 Å². The van der Waals surface area contributed by atoms with Crippen LogP contribution in [-0.2, 0) is 35.2 Å². The number of rotatable bonds is 5. The molecule has 1 N–H and O–H groups in total. The highest BCUT2D eigenvalue weighted by Crippen LogP contribution is 2.36. The lowest BCUT2D eigenvalue weighted by Gasteiger charge is -2.21. The molecule has 1 aromatic carbocycles. The van der Waals surface area contributed by atoms with Crippen molar-refractivity contribution in [2.75, 3.05) is 7.11 Å². The van der Waals surface area contributed by atoms with Crippen LogP contribution in [0.15, 0.2) is 28.8 Å². The quantitative estimate of drug-likeness (QED) is 0.629. The fourth-order valence-electron chi connectivity index (χ4n) is 3.35. The molecular weight excluding hydrogens is 405 g/mol. The molecule has 0 saturated heterocycles. The van der Waals surface area contributed by atoms with Crippen molar-refractivity contribution in [3.63, 3.8) is 0 Å². The van der Waals surface area contributed by atoms with E-state index in [-0.39, 0.29) is 24.5 Å². The van der Waals surface area contributed by atoms with Gasteiger partial charge in [-0.2, -0.15) is 23.3 Å². The molecule has 0 amide bonds. The topological polar surface area (TPSA) is 103 Å². The Morgan fingerprint density at radius 2 is 2.07 bits per heavy atom. The molecule has 4 rings (SSSR count). The van der Waals surface area contributed by atoms with E-state index in [1.807, 2.05) is 0 Å². The molecule has 0 aliphatic heterocycles. The first-order valence-electron chi connectivity index (χ1n) is 9.12. The number of aromatic amines is 1. The van der Waals surface area contributed by atoms with Gasteiger partial charge in [0, 0.05) is 16.8 Å². The van der Waals surface area contributed by atoms with Gasteiger partial charge in [0.15, 0.2) is 12.3 Å². The van der Waals surface area contributed by atoms with E-state index in [0.717, 1.165) is 0 Å². The van der Waals surface area contributed by atoms with Gasteiger partial charge < -0.3 is 14.0 Å². The lowest BCUT2D eigenvalue weighted by Crippen LogP contribution is -2.25. The highest BCUT2D eigenvalue weighted by Gasteiger charge is 2.40. The van der Waals surface area contributed by atoms with Gasteiger partial charge in [0.05, 0.1) is 13.0 Å². The summed E-state index contributed by atoms with van der Waals surface area (Å²) < 4.78 is 54.6. The van der Waals surface area contributed by atoms with Crippen LogP contribution in [0.1, 0.15) is 29.3 Å². The molecule has 0 unspecified atom stereocenters. The molecule has 1 atom stereocenters. The summed E-state index contributed by atoms with van der Waals surface area (Å²) in [7, 11) is 1.55. The summed E-state index contributed by atoms with van der Waals surface area (Å²) in [5.74, 6) is -0.220. The molecule has 0 saturated carbocycles. The van der Waals surface area contributed by atoms with E-state index >= 15 is 0 Å². The summed E-state index contributed by atoms with van der Waals surface area (Å²) in [6, 6.07) is 6.99. The van der Waals surface area contributed by atoms with Crippen LogP contribution in [0.4, 0.5) is 13.2 Å². The summed E-state index contributed by atoms with van der Waals surface area (Å²) in [5, 5.41) is 9.61. The number of aromatic nitrogens is 4. The van der Waals surface area contributed by atoms with Crippen molar-refractivity contribution in [2.45, 2.75) is 32.0 Å². The molecule has 0 bridgehead atoms. The molecule has 11 heteroatoms. The second-order valence-corrected chi connectivity index (χ2v) is 6.81. The van der Waals surface area contributed by atoms with Crippen molar-refractivity contribution in [1.29, 1.82) is 0 Å². The number of alkyl halides is 3. The van der Waals surface area contributed by atoms with E-state index < -0.39 is 23.8 Å². The number of aryl methyl sites for hydroxylation is 1. The maximum absolute atomic E-state index is 13.1. The first-order valence-corrected chi connectivity index (χ1v) is 9.12. The Morgan fingerprint density at radius 1 is 1.30 bits per heavy atom. The van der Waals surface area contributed by atoms with Crippen LogP contribution in [0, 0.1) is 5.92 Å². The van der Waals surface area contributed by atoms with Crippen LogP contribution >= 0.6 is 0 Å². The molecule has 2 heterocycles. The number of hydrogen-bond acceptors (Lipinski definition) is 7. The fourth-order valence-corrected chi connectivity index (χ4v) is 3.35. The number of carbonyl (C=O) groups is 1. The van der Waals surface area contributed by atoms with E-state index in [2.05, 4.69) is 20.3 Å². The number of nitrogens with zero attached hydrogens (tertiary/aromatic N) is 3. The number of halogens is 3. The number of H-pyrrole nitrogens is 1. The minimum atomic E-state index is -4.57. The Morgan fingerprint density at radius 3 is 2.77 bits per heavy atom. The van der Waals surface area contributed by atoms with E-state index in [1.165, 1.54) is 0 Å². The average molecular weight is 422 g/mol. The highest BCUT2D eigenvalue weighted by molar-refractivity contribution is 5.73. The number of fused-ring (bicyclic) bond motifs is 1. The predicted molar refractivity (Wildman–Crippen MR) is 95.2 cm³/mol. The normalized spacial score (nSPS) is 16.2. The number of nitrogens with one attached hydrogen (secondary N) is 1. The molecular formula is C19H17F3N4O4. The molecule has 0 radical (unpaired) electrons. The van der Waals surface area contributed by atoms with E-state index in [4.69, 9.17) is 14.0 Å². The van der Waals surface area contributed by atoms with E-state index in [9.17, 15) is 18.0 Å². The predicted octanol–water partition coefficient (Wildman–Crippen LogP) is 3.34. The SMILES string of the molecule is COc1ccc(-c2noc(COC(=O)[C@H]3CCc4[nH]nc(C(F)(F)F)c4C3)n2)cc1. The second-order valence-electron chi connectivity index (χ2n) is 6.81. The molecule has 2 aromatic heterocycles. The molecule has 3 aromatic rings. The summed E-state index contributed by atoms with van der Waals surface area (Å²) >= 11 is 0. The van der Waals surface area contributed by atoms with Gasteiger partial charge in [-0.05, 0) is 43.5 Å². The number of benzene rings is 1. The van der Waals surface area contributed by atoms with Crippen molar-refractivity contribution in [2.24, 2.45) is 5.92 Å². The van der Waals surface area contributed by atoms with E-state index in [1.54, 1.807) is 31.4 Å². The molecule has 0 spiro atoms. The van der Waals surface area contributed by atoms with Crippen molar-refractivity contribution in [1.82, 2.24) is 20.3 Å². The minimum Gasteiger partial charge on any atom is -0.497 e. The third-order valence-corrected chi connectivity index (χ3v) is 4.90. The number of esters is 1. The van der Waals surface area contributed by atoms with Gasteiger partial charge in [-0.15, -0.1) is 0 Å². The summed E-state index contributed by atoms with van der Waals surface area (Å²) in [6.45, 7) is -0.261. The van der Waals surface area contributed by atoms with Crippen molar-refractivity contribution >= 4 is 5.97 Å². The summed E-state index contributed by atoms with van der Waals surface area (Å²) in [4.78, 5) is 16.5. The molecule has 158 valence electrons. The summed E-state index contributed by atoms with van der Waals surface area (Å²) in [6.07, 6.45) is -4.00. The largest absolute Gasteiger partial charge is 0.497 e.